The second-order valence-electron chi connectivity index (χ2n) is 6.95. The molecule has 0 saturated carbocycles. The largest absolute Gasteiger partial charge is 0.493 e. The lowest BCUT2D eigenvalue weighted by molar-refractivity contribution is 0.291. The molecule has 0 N–H and O–H groups in total. The van der Waals surface area contributed by atoms with E-state index in [1.165, 1.54) is 64.2 Å². The molecule has 0 fully saturated rings. The average Bonchev–Trinajstić information content (AvgIpc) is 2.66. The van der Waals surface area contributed by atoms with Crippen molar-refractivity contribution in [1.82, 2.24) is 0 Å². The lowest BCUT2D eigenvalue weighted by Crippen LogP contribution is -2.06. The van der Waals surface area contributed by atoms with Crippen molar-refractivity contribution in [2.75, 3.05) is 13.2 Å². The van der Waals surface area contributed by atoms with Crippen molar-refractivity contribution >= 4 is 13.8 Å². The van der Waals surface area contributed by atoms with Crippen LogP contribution >= 0.6 is 8.46 Å². The minimum atomic E-state index is -0.00166. The molecular weight excluding hydrogens is 343 g/mol. The molecule has 0 aromatic heterocycles. The van der Waals surface area contributed by atoms with E-state index in [9.17, 15) is 4.57 Å². The Hall–Kier alpha value is -1.08. The summed E-state index contributed by atoms with van der Waals surface area (Å²) in [6, 6.07) is 5.60. The molecule has 1 aromatic rings. The summed E-state index contributed by atoms with van der Waals surface area (Å²) in [5, 5.41) is 0.697. The molecule has 26 heavy (non-hydrogen) atoms. The van der Waals surface area contributed by atoms with Gasteiger partial charge in [0.25, 0.3) is 0 Å². The van der Waals surface area contributed by atoms with Gasteiger partial charge in [0.1, 0.15) is 11.5 Å². The Morgan fingerprint density at radius 2 is 1.27 bits per heavy atom. The molecule has 0 unspecified atom stereocenters. The summed E-state index contributed by atoms with van der Waals surface area (Å²) in [5.74, 6) is 1.50. The molecule has 0 aliphatic rings. The van der Waals surface area contributed by atoms with Crippen LogP contribution in [0.25, 0.3) is 0 Å². The van der Waals surface area contributed by atoms with Crippen molar-refractivity contribution in [1.29, 1.82) is 0 Å². The van der Waals surface area contributed by atoms with E-state index in [1.54, 1.807) is 0 Å². The van der Waals surface area contributed by atoms with Gasteiger partial charge in [-0.1, -0.05) is 78.1 Å². The SMILES string of the molecule is CCCCCCCCOc1ccc(P=O)c(OCCCCCCCC)c1. The van der Waals surface area contributed by atoms with Crippen LogP contribution in [0, 0.1) is 0 Å². The second-order valence-corrected chi connectivity index (χ2v) is 7.62. The molecular formula is C22H37O3P. The predicted octanol–water partition coefficient (Wildman–Crippen LogP) is 7.08. The minimum absolute atomic E-state index is 0.00166. The van der Waals surface area contributed by atoms with Crippen molar-refractivity contribution in [2.45, 2.75) is 90.9 Å². The summed E-state index contributed by atoms with van der Waals surface area (Å²) in [4.78, 5) is 0. The van der Waals surface area contributed by atoms with Crippen LogP contribution in [0.2, 0.25) is 0 Å². The number of hydrogen-bond acceptors (Lipinski definition) is 3. The molecule has 0 spiro atoms. The summed E-state index contributed by atoms with van der Waals surface area (Å²) >= 11 is 0. The fraction of sp³-hybridized carbons (Fsp3) is 0.727. The van der Waals surface area contributed by atoms with Gasteiger partial charge in [0, 0.05) is 6.07 Å². The van der Waals surface area contributed by atoms with Crippen molar-refractivity contribution in [2.24, 2.45) is 0 Å². The Kier molecular flexibility index (Phi) is 14.2. The third kappa shape index (κ3) is 10.8. The third-order valence-corrected chi connectivity index (χ3v) is 5.12. The standard InChI is InChI=1S/C22H37O3P/c1-3-5-7-9-11-13-17-24-20-15-16-22(26-23)21(19-20)25-18-14-12-10-8-6-4-2/h15-16,19H,3-14,17-18H2,1-2H3. The molecule has 3 nitrogen and oxygen atoms in total. The topological polar surface area (TPSA) is 35.5 Å². The Bertz CT molecular complexity index is 476. The summed E-state index contributed by atoms with van der Waals surface area (Å²) in [5.41, 5.74) is 0. The van der Waals surface area contributed by atoms with E-state index in [0.29, 0.717) is 17.7 Å². The zero-order valence-electron chi connectivity index (χ0n) is 16.8. The van der Waals surface area contributed by atoms with Crippen LogP contribution in [0.5, 0.6) is 11.5 Å². The minimum Gasteiger partial charge on any atom is -0.493 e. The van der Waals surface area contributed by atoms with Crippen LogP contribution in [0.3, 0.4) is 0 Å². The molecule has 0 saturated heterocycles. The first-order chi connectivity index (χ1) is 12.8. The number of rotatable bonds is 17. The monoisotopic (exact) mass is 380 g/mol. The molecule has 0 aliphatic carbocycles. The molecule has 0 aliphatic heterocycles. The van der Waals surface area contributed by atoms with E-state index in [4.69, 9.17) is 9.47 Å². The Balaban J connectivity index is 2.29. The molecule has 4 heteroatoms. The zero-order valence-corrected chi connectivity index (χ0v) is 17.7. The summed E-state index contributed by atoms with van der Waals surface area (Å²) in [7, 11) is -0.00166. The van der Waals surface area contributed by atoms with E-state index in [0.717, 1.165) is 25.2 Å². The van der Waals surface area contributed by atoms with E-state index in [1.807, 2.05) is 18.2 Å². The average molecular weight is 381 g/mol. The van der Waals surface area contributed by atoms with Gasteiger partial charge in [-0.3, -0.25) is 4.57 Å². The zero-order chi connectivity index (χ0) is 18.9. The highest BCUT2D eigenvalue weighted by Crippen LogP contribution is 2.22. The smallest absolute Gasteiger partial charge is 0.196 e. The summed E-state index contributed by atoms with van der Waals surface area (Å²) < 4.78 is 23.0. The molecule has 0 heterocycles. The normalized spacial score (nSPS) is 11.0. The molecule has 1 aromatic carbocycles. The lowest BCUT2D eigenvalue weighted by atomic mass is 10.1. The number of ether oxygens (including phenoxy) is 2. The van der Waals surface area contributed by atoms with E-state index < -0.39 is 0 Å². The first kappa shape index (κ1) is 23.0. The third-order valence-electron chi connectivity index (χ3n) is 4.55. The lowest BCUT2D eigenvalue weighted by Gasteiger charge is -2.11. The van der Waals surface area contributed by atoms with Gasteiger partial charge in [-0.05, 0) is 25.0 Å². The van der Waals surface area contributed by atoms with Crippen LogP contribution in [-0.2, 0) is 4.57 Å². The maximum absolute atomic E-state index is 11.3. The van der Waals surface area contributed by atoms with Crippen LogP contribution < -0.4 is 14.8 Å². The van der Waals surface area contributed by atoms with Gasteiger partial charge in [0.2, 0.25) is 0 Å². The van der Waals surface area contributed by atoms with Crippen molar-refractivity contribution in [3.63, 3.8) is 0 Å². The first-order valence-corrected chi connectivity index (χ1v) is 11.4. The van der Waals surface area contributed by atoms with Crippen molar-refractivity contribution in [3.05, 3.63) is 18.2 Å². The van der Waals surface area contributed by atoms with Crippen LogP contribution in [0.1, 0.15) is 90.9 Å². The fourth-order valence-electron chi connectivity index (χ4n) is 2.91. The first-order valence-electron chi connectivity index (χ1n) is 10.5. The Morgan fingerprint density at radius 1 is 0.731 bits per heavy atom. The van der Waals surface area contributed by atoms with Gasteiger partial charge < -0.3 is 9.47 Å². The summed E-state index contributed by atoms with van der Waals surface area (Å²) in [6.45, 7) is 5.88. The van der Waals surface area contributed by atoms with Crippen LogP contribution in [-0.4, -0.2) is 13.2 Å². The summed E-state index contributed by atoms with van der Waals surface area (Å²) in [6.07, 6.45) is 14.9. The van der Waals surface area contributed by atoms with Gasteiger partial charge in [0.05, 0.1) is 18.5 Å². The molecule has 0 amide bonds. The van der Waals surface area contributed by atoms with Gasteiger partial charge in [0.15, 0.2) is 8.46 Å². The van der Waals surface area contributed by atoms with Crippen molar-refractivity contribution < 1.29 is 14.0 Å². The predicted molar refractivity (Wildman–Crippen MR) is 111 cm³/mol. The van der Waals surface area contributed by atoms with E-state index >= 15 is 0 Å². The van der Waals surface area contributed by atoms with Crippen molar-refractivity contribution in [3.8, 4) is 11.5 Å². The maximum Gasteiger partial charge on any atom is 0.196 e. The highest BCUT2D eigenvalue weighted by atomic mass is 31.1. The van der Waals surface area contributed by atoms with Crippen LogP contribution in [0.4, 0.5) is 0 Å². The van der Waals surface area contributed by atoms with E-state index in [2.05, 4.69) is 13.8 Å². The van der Waals surface area contributed by atoms with Gasteiger partial charge in [-0.15, -0.1) is 0 Å². The van der Waals surface area contributed by atoms with E-state index in [-0.39, 0.29) is 8.46 Å². The Morgan fingerprint density at radius 3 is 1.85 bits per heavy atom. The number of benzene rings is 1. The number of hydrogen-bond donors (Lipinski definition) is 0. The van der Waals surface area contributed by atoms with Crippen LogP contribution in [0.15, 0.2) is 18.2 Å². The van der Waals surface area contributed by atoms with Gasteiger partial charge >= 0.3 is 0 Å². The molecule has 1 rings (SSSR count). The Labute approximate surface area is 162 Å². The molecule has 0 atom stereocenters. The highest BCUT2D eigenvalue weighted by molar-refractivity contribution is 7.34. The van der Waals surface area contributed by atoms with Gasteiger partial charge in [-0.25, -0.2) is 0 Å². The maximum atomic E-state index is 11.3. The fourth-order valence-corrected chi connectivity index (χ4v) is 3.27. The molecule has 148 valence electrons. The number of unbranched alkanes of at least 4 members (excludes halogenated alkanes) is 10. The van der Waals surface area contributed by atoms with Gasteiger partial charge in [-0.2, -0.15) is 0 Å². The highest BCUT2D eigenvalue weighted by Gasteiger charge is 2.07. The molecule has 0 radical (unpaired) electrons. The quantitative estimate of drug-likeness (QED) is 0.214. The molecule has 0 bridgehead atoms. The second kappa shape index (κ2) is 16.1.